The lowest BCUT2D eigenvalue weighted by Crippen LogP contribution is -2.31. The number of rotatable bonds is 11. The third-order valence-electron chi connectivity index (χ3n) is 8.22. The Labute approximate surface area is 278 Å². The molecule has 1 heterocycles. The molecular weight excluding hydrogens is 635 g/mol. The Bertz CT molecular complexity index is 1770. The highest BCUT2D eigenvalue weighted by molar-refractivity contribution is 6.40. The predicted octanol–water partition coefficient (Wildman–Crippen LogP) is 8.38. The highest BCUT2D eigenvalue weighted by Crippen LogP contribution is 2.38. The van der Waals surface area contributed by atoms with Crippen molar-refractivity contribution in [3.8, 4) is 11.4 Å². The van der Waals surface area contributed by atoms with E-state index in [9.17, 15) is 14.4 Å². The van der Waals surface area contributed by atoms with Crippen LogP contribution in [-0.2, 0) is 15.6 Å². The lowest BCUT2D eigenvalue weighted by atomic mass is 9.76. The van der Waals surface area contributed by atoms with Crippen LogP contribution in [0.2, 0.25) is 15.1 Å². The molecule has 11 heteroatoms. The molecule has 2 amide bonds. The summed E-state index contributed by atoms with van der Waals surface area (Å²) in [7, 11) is 0. The van der Waals surface area contributed by atoms with Crippen molar-refractivity contribution in [2.75, 3.05) is 17.3 Å². The number of amides is 2. The minimum Gasteiger partial charge on any atom is -0.483 e. The molecule has 238 valence electrons. The molecule has 0 fully saturated rings. The van der Waals surface area contributed by atoms with Crippen LogP contribution in [0.1, 0.15) is 75.9 Å². The number of halogens is 3. The summed E-state index contributed by atoms with van der Waals surface area (Å²) in [5.74, 6) is -0.258. The fraction of sp³-hybridized carbons (Fsp3) is 0.324. The number of hydrogen-bond donors (Lipinski definition) is 2. The lowest BCUT2D eigenvalue weighted by Gasteiger charge is -2.30. The van der Waals surface area contributed by atoms with E-state index in [1.54, 1.807) is 18.2 Å². The van der Waals surface area contributed by atoms with E-state index in [1.807, 2.05) is 6.07 Å². The summed E-state index contributed by atoms with van der Waals surface area (Å²) in [5, 5.41) is 3.35. The first-order chi connectivity index (χ1) is 21.2. The molecule has 0 spiro atoms. The fourth-order valence-electron chi connectivity index (χ4n) is 4.67. The van der Waals surface area contributed by atoms with Gasteiger partial charge in [-0.1, -0.05) is 94.5 Å². The van der Waals surface area contributed by atoms with E-state index in [2.05, 4.69) is 64.4 Å². The molecule has 0 unspecified atom stereocenters. The van der Waals surface area contributed by atoms with Crippen molar-refractivity contribution in [3.63, 3.8) is 0 Å². The van der Waals surface area contributed by atoms with Gasteiger partial charge in [-0.2, -0.15) is 9.47 Å². The van der Waals surface area contributed by atoms with Crippen molar-refractivity contribution < 1.29 is 14.3 Å². The molecule has 45 heavy (non-hydrogen) atoms. The van der Waals surface area contributed by atoms with Crippen LogP contribution in [0.4, 0.5) is 5.69 Å². The summed E-state index contributed by atoms with van der Waals surface area (Å²) in [6.45, 7) is 12.9. The van der Waals surface area contributed by atoms with E-state index in [0.717, 1.165) is 23.1 Å². The predicted molar refractivity (Wildman–Crippen MR) is 182 cm³/mol. The van der Waals surface area contributed by atoms with Gasteiger partial charge in [0, 0.05) is 27.9 Å². The quantitative estimate of drug-likeness (QED) is 0.168. The van der Waals surface area contributed by atoms with E-state index < -0.39 is 11.5 Å². The van der Waals surface area contributed by atoms with E-state index in [1.165, 1.54) is 40.8 Å². The second kappa shape index (κ2) is 13.7. The van der Waals surface area contributed by atoms with Gasteiger partial charge in [0.1, 0.15) is 11.4 Å². The maximum Gasteiger partial charge on any atom is 0.273 e. The van der Waals surface area contributed by atoms with Gasteiger partial charge in [-0.3, -0.25) is 14.4 Å². The number of hydrogen-bond acceptors (Lipinski definition) is 4. The third-order valence-corrected chi connectivity index (χ3v) is 9.01. The zero-order valence-corrected chi connectivity index (χ0v) is 28.4. The SMILES string of the molecule is CCC(C)(C)c1ccc(OCC(=O)Nc2cccc(C(=O)Nn3ccc(=O)n3-c3c(Cl)cc(Cl)cc3Cl)c2)c(C(C)(C)CC)c1. The van der Waals surface area contributed by atoms with E-state index in [0.29, 0.717) is 16.5 Å². The summed E-state index contributed by atoms with van der Waals surface area (Å²) in [6, 6.07) is 16.8. The minimum atomic E-state index is -0.547. The molecule has 0 saturated carbocycles. The summed E-state index contributed by atoms with van der Waals surface area (Å²) >= 11 is 18.7. The molecule has 4 aromatic rings. The standard InChI is InChI=1S/C34H37Cl3N4O4/c1-7-33(3,4)22-12-13-28(25(17-22)34(5,6)8-2)45-20-29(42)38-24-11-9-10-21(16-24)32(44)39-40-15-14-30(43)41(40)31-26(36)18-23(35)19-27(31)37/h9-19H,7-8,20H2,1-6H3,(H,38,42)(H,39,44). The Morgan fingerprint density at radius 1 is 0.867 bits per heavy atom. The van der Waals surface area contributed by atoms with Crippen molar-refractivity contribution in [1.82, 2.24) is 9.47 Å². The van der Waals surface area contributed by atoms with Crippen LogP contribution < -0.4 is 21.0 Å². The molecule has 0 bridgehead atoms. The van der Waals surface area contributed by atoms with Crippen LogP contribution in [0.25, 0.3) is 5.69 Å². The van der Waals surface area contributed by atoms with Gasteiger partial charge in [-0.05, 0) is 65.6 Å². The van der Waals surface area contributed by atoms with Gasteiger partial charge in [-0.25, -0.2) is 5.43 Å². The van der Waals surface area contributed by atoms with Crippen LogP contribution in [0.5, 0.6) is 5.75 Å². The molecule has 0 aliphatic carbocycles. The second-order valence-electron chi connectivity index (χ2n) is 12.1. The number of nitrogens with zero attached hydrogens (tertiary/aromatic N) is 2. The van der Waals surface area contributed by atoms with Crippen molar-refractivity contribution in [1.29, 1.82) is 0 Å². The van der Waals surface area contributed by atoms with Gasteiger partial charge in [0.25, 0.3) is 17.4 Å². The topological polar surface area (TPSA) is 94.4 Å². The summed E-state index contributed by atoms with van der Waals surface area (Å²) in [5.41, 5.74) is 5.11. The first-order valence-electron chi connectivity index (χ1n) is 14.6. The molecule has 0 atom stereocenters. The Kier molecular flexibility index (Phi) is 10.4. The fourth-order valence-corrected chi connectivity index (χ4v) is 5.64. The van der Waals surface area contributed by atoms with Gasteiger partial charge in [0.05, 0.1) is 16.2 Å². The number of nitrogens with one attached hydrogen (secondary N) is 2. The van der Waals surface area contributed by atoms with Crippen LogP contribution in [0, 0.1) is 0 Å². The number of anilines is 1. The zero-order chi connectivity index (χ0) is 33.1. The minimum absolute atomic E-state index is 0.0145. The zero-order valence-electron chi connectivity index (χ0n) is 26.1. The summed E-state index contributed by atoms with van der Waals surface area (Å²) in [6.07, 6.45) is 3.27. The molecule has 2 N–H and O–H groups in total. The lowest BCUT2D eigenvalue weighted by molar-refractivity contribution is -0.118. The maximum atomic E-state index is 13.2. The summed E-state index contributed by atoms with van der Waals surface area (Å²) < 4.78 is 7.16. The highest BCUT2D eigenvalue weighted by Gasteiger charge is 2.27. The van der Waals surface area contributed by atoms with Gasteiger partial charge >= 0.3 is 0 Å². The van der Waals surface area contributed by atoms with Gasteiger partial charge in [-0.15, -0.1) is 0 Å². The molecular formula is C34H37Cl3N4O4. The van der Waals surface area contributed by atoms with Crippen LogP contribution in [-0.4, -0.2) is 27.9 Å². The Balaban J connectivity index is 1.48. The molecule has 0 radical (unpaired) electrons. The average Bonchev–Trinajstić information content (AvgIpc) is 3.34. The number of aromatic nitrogens is 2. The smallest absolute Gasteiger partial charge is 0.273 e. The highest BCUT2D eigenvalue weighted by atomic mass is 35.5. The largest absolute Gasteiger partial charge is 0.483 e. The average molecular weight is 672 g/mol. The molecule has 3 aromatic carbocycles. The van der Waals surface area contributed by atoms with E-state index in [4.69, 9.17) is 39.5 Å². The van der Waals surface area contributed by atoms with E-state index >= 15 is 0 Å². The monoisotopic (exact) mass is 670 g/mol. The van der Waals surface area contributed by atoms with Crippen molar-refractivity contribution in [2.45, 2.75) is 65.2 Å². The van der Waals surface area contributed by atoms with Crippen LogP contribution >= 0.6 is 34.8 Å². The molecule has 0 aliphatic heterocycles. The van der Waals surface area contributed by atoms with E-state index in [-0.39, 0.29) is 44.6 Å². The number of carbonyl (C=O) groups is 2. The Hall–Kier alpha value is -3.72. The summed E-state index contributed by atoms with van der Waals surface area (Å²) in [4.78, 5) is 39.9. The number of ether oxygens (including phenoxy) is 1. The van der Waals surface area contributed by atoms with Gasteiger partial charge < -0.3 is 10.1 Å². The maximum absolute atomic E-state index is 13.2. The molecule has 0 saturated heterocycles. The molecule has 8 nitrogen and oxygen atoms in total. The van der Waals surface area contributed by atoms with Gasteiger partial charge in [0.15, 0.2) is 6.61 Å². The molecule has 1 aromatic heterocycles. The van der Waals surface area contributed by atoms with Crippen LogP contribution in [0.3, 0.4) is 0 Å². The molecule has 4 rings (SSSR count). The number of carbonyl (C=O) groups excluding carboxylic acids is 2. The first-order valence-corrected chi connectivity index (χ1v) is 15.7. The number of benzene rings is 3. The third kappa shape index (κ3) is 7.75. The Morgan fingerprint density at radius 2 is 1.53 bits per heavy atom. The van der Waals surface area contributed by atoms with Crippen molar-refractivity contribution in [3.05, 3.63) is 109 Å². The second-order valence-corrected chi connectivity index (χ2v) is 13.3. The Morgan fingerprint density at radius 3 is 2.18 bits per heavy atom. The van der Waals surface area contributed by atoms with Crippen molar-refractivity contribution >= 4 is 52.3 Å². The first kappa shape index (κ1) is 34.2. The molecule has 0 aliphatic rings. The van der Waals surface area contributed by atoms with Crippen molar-refractivity contribution in [2.24, 2.45) is 0 Å². The van der Waals surface area contributed by atoms with Gasteiger partial charge in [0.2, 0.25) is 0 Å². The van der Waals surface area contributed by atoms with Crippen LogP contribution in [0.15, 0.2) is 71.7 Å². The normalized spacial score (nSPS) is 11.8.